The minimum atomic E-state index is -0.830. The monoisotopic (exact) mass is 346 g/mol. The maximum Gasteiger partial charge on any atom is 0.340 e. The summed E-state index contributed by atoms with van der Waals surface area (Å²) in [4.78, 5) is 40.4. The molecule has 0 aromatic carbocycles. The van der Waals surface area contributed by atoms with Crippen LogP contribution in [0.25, 0.3) is 0 Å². The number of rotatable bonds is 3. The first-order chi connectivity index (χ1) is 11.9. The van der Waals surface area contributed by atoms with Gasteiger partial charge in [0.15, 0.2) is 0 Å². The van der Waals surface area contributed by atoms with Crippen molar-refractivity contribution in [1.82, 2.24) is 14.1 Å². The lowest BCUT2D eigenvalue weighted by atomic mass is 9.88. The number of esters is 1. The fourth-order valence-electron chi connectivity index (χ4n) is 2.93. The fourth-order valence-corrected chi connectivity index (χ4v) is 2.93. The molecular weight excluding hydrogens is 328 g/mol. The topological polar surface area (TPSA) is 121 Å². The summed E-state index contributed by atoms with van der Waals surface area (Å²) in [6.45, 7) is 1.81. The SMILES string of the molecule is CCOC(=O)C1=C(N)Oc2c(c(=O)n(C)c(=O)n2C)[C@@H]1c1ccc[nH]1. The van der Waals surface area contributed by atoms with Crippen molar-refractivity contribution in [2.45, 2.75) is 12.8 Å². The molecule has 0 fully saturated rings. The van der Waals surface area contributed by atoms with Crippen LogP contribution in [-0.2, 0) is 23.6 Å². The predicted octanol–water partition coefficient (Wildman–Crippen LogP) is -0.330. The maximum atomic E-state index is 12.8. The first-order valence-electron chi connectivity index (χ1n) is 7.66. The largest absolute Gasteiger partial charge is 0.462 e. The summed E-state index contributed by atoms with van der Waals surface area (Å²) >= 11 is 0. The lowest BCUT2D eigenvalue weighted by Crippen LogP contribution is -2.43. The zero-order valence-corrected chi connectivity index (χ0v) is 14.0. The van der Waals surface area contributed by atoms with Gasteiger partial charge in [0.2, 0.25) is 11.8 Å². The smallest absolute Gasteiger partial charge is 0.340 e. The first-order valence-corrected chi connectivity index (χ1v) is 7.66. The Morgan fingerprint density at radius 1 is 1.36 bits per heavy atom. The number of ether oxygens (including phenoxy) is 2. The fraction of sp³-hybridized carbons (Fsp3) is 0.312. The van der Waals surface area contributed by atoms with Gasteiger partial charge in [-0.05, 0) is 19.1 Å². The highest BCUT2D eigenvalue weighted by Gasteiger charge is 2.40. The molecule has 0 radical (unpaired) electrons. The number of nitrogens with one attached hydrogen (secondary N) is 1. The van der Waals surface area contributed by atoms with Crippen LogP contribution in [0.2, 0.25) is 0 Å². The lowest BCUT2D eigenvalue weighted by Gasteiger charge is -2.28. The van der Waals surface area contributed by atoms with Crippen LogP contribution < -0.4 is 21.7 Å². The third-order valence-electron chi connectivity index (χ3n) is 4.12. The molecule has 0 unspecified atom stereocenters. The highest BCUT2D eigenvalue weighted by Crippen LogP contribution is 2.39. The van der Waals surface area contributed by atoms with Gasteiger partial charge in [0, 0.05) is 26.0 Å². The second kappa shape index (κ2) is 6.00. The summed E-state index contributed by atoms with van der Waals surface area (Å²) in [5.74, 6) is -1.70. The van der Waals surface area contributed by atoms with Crippen molar-refractivity contribution in [3.63, 3.8) is 0 Å². The molecule has 0 spiro atoms. The van der Waals surface area contributed by atoms with Gasteiger partial charge in [0.1, 0.15) is 5.57 Å². The summed E-state index contributed by atoms with van der Waals surface area (Å²) in [7, 11) is 2.83. The molecule has 9 heteroatoms. The molecule has 0 aliphatic carbocycles. The molecule has 3 rings (SSSR count). The average Bonchev–Trinajstić information content (AvgIpc) is 3.11. The van der Waals surface area contributed by atoms with Gasteiger partial charge in [0.05, 0.1) is 18.1 Å². The van der Waals surface area contributed by atoms with Crippen LogP contribution in [0.15, 0.2) is 39.4 Å². The number of carbonyl (C=O) groups excluding carboxylic acids is 1. The highest BCUT2D eigenvalue weighted by atomic mass is 16.5. The minimum absolute atomic E-state index is 0.0123. The number of hydrogen-bond acceptors (Lipinski definition) is 6. The van der Waals surface area contributed by atoms with Gasteiger partial charge in [-0.2, -0.15) is 0 Å². The van der Waals surface area contributed by atoms with Gasteiger partial charge in [-0.1, -0.05) is 0 Å². The average molecular weight is 346 g/mol. The van der Waals surface area contributed by atoms with Crippen molar-refractivity contribution in [2.24, 2.45) is 19.8 Å². The molecule has 1 aliphatic heterocycles. The molecule has 2 aromatic heterocycles. The number of carbonyl (C=O) groups is 1. The van der Waals surface area contributed by atoms with E-state index < -0.39 is 23.1 Å². The van der Waals surface area contributed by atoms with Gasteiger partial charge in [-0.3, -0.25) is 13.9 Å². The van der Waals surface area contributed by atoms with Gasteiger partial charge >= 0.3 is 11.7 Å². The normalized spacial score (nSPS) is 16.4. The van der Waals surface area contributed by atoms with E-state index >= 15 is 0 Å². The number of H-pyrrole nitrogens is 1. The van der Waals surface area contributed by atoms with Crippen LogP contribution in [-0.4, -0.2) is 26.7 Å². The van der Waals surface area contributed by atoms with Gasteiger partial charge in [-0.25, -0.2) is 9.59 Å². The second-order valence-corrected chi connectivity index (χ2v) is 5.58. The highest BCUT2D eigenvalue weighted by molar-refractivity contribution is 5.92. The quantitative estimate of drug-likeness (QED) is 0.734. The molecule has 1 atom stereocenters. The van der Waals surface area contributed by atoms with Crippen LogP contribution in [0.3, 0.4) is 0 Å². The Bertz CT molecular complexity index is 981. The van der Waals surface area contributed by atoms with E-state index in [0.717, 1.165) is 4.57 Å². The van der Waals surface area contributed by atoms with E-state index in [4.69, 9.17) is 15.2 Å². The molecule has 1 aliphatic rings. The van der Waals surface area contributed by atoms with Crippen LogP contribution >= 0.6 is 0 Å². The van der Waals surface area contributed by atoms with E-state index in [1.807, 2.05) is 0 Å². The number of aromatic amines is 1. The van der Waals surface area contributed by atoms with Crippen molar-refractivity contribution in [2.75, 3.05) is 6.61 Å². The van der Waals surface area contributed by atoms with Crippen LogP contribution in [0.4, 0.5) is 0 Å². The number of nitrogens with two attached hydrogens (primary N) is 1. The van der Waals surface area contributed by atoms with Gasteiger partial charge in [-0.15, -0.1) is 0 Å². The van der Waals surface area contributed by atoms with E-state index in [1.54, 1.807) is 25.3 Å². The standard InChI is InChI=1S/C16H18N4O5/c1-4-24-15(22)10-9(8-6-5-7-18-8)11-13(21)19(2)16(23)20(3)14(11)25-12(10)17/h5-7,9,18H,4,17H2,1-3H3/t9-/m1/s1. The minimum Gasteiger partial charge on any atom is -0.462 e. The second-order valence-electron chi connectivity index (χ2n) is 5.58. The molecule has 3 heterocycles. The molecule has 2 aromatic rings. The number of fused-ring (bicyclic) bond motifs is 1. The van der Waals surface area contributed by atoms with Crippen molar-refractivity contribution in [3.8, 4) is 5.88 Å². The van der Waals surface area contributed by atoms with Crippen molar-refractivity contribution in [3.05, 3.63) is 61.9 Å². The Morgan fingerprint density at radius 3 is 2.68 bits per heavy atom. The molecule has 3 N–H and O–H groups in total. The lowest BCUT2D eigenvalue weighted by molar-refractivity contribution is -0.139. The molecule has 0 saturated heterocycles. The van der Waals surface area contributed by atoms with Crippen LogP contribution in [0.1, 0.15) is 24.1 Å². The molecule has 9 nitrogen and oxygen atoms in total. The number of nitrogens with zero attached hydrogens (tertiary/aromatic N) is 2. The molecule has 25 heavy (non-hydrogen) atoms. The van der Waals surface area contributed by atoms with Crippen molar-refractivity contribution < 1.29 is 14.3 Å². The third kappa shape index (κ3) is 2.44. The van der Waals surface area contributed by atoms with Crippen LogP contribution in [0.5, 0.6) is 5.88 Å². The van der Waals surface area contributed by atoms with E-state index in [0.29, 0.717) is 5.69 Å². The predicted molar refractivity (Wildman–Crippen MR) is 88.0 cm³/mol. The molecule has 0 amide bonds. The molecule has 0 bridgehead atoms. The molecular formula is C16H18N4O5. The number of hydrogen-bond donors (Lipinski definition) is 2. The summed E-state index contributed by atoms with van der Waals surface area (Å²) in [5.41, 5.74) is 5.55. The summed E-state index contributed by atoms with van der Waals surface area (Å²) < 4.78 is 12.7. The van der Waals surface area contributed by atoms with E-state index in [1.165, 1.54) is 18.7 Å². The Balaban J connectivity index is 2.36. The zero-order valence-electron chi connectivity index (χ0n) is 14.0. The van der Waals surface area contributed by atoms with Crippen molar-refractivity contribution >= 4 is 5.97 Å². The van der Waals surface area contributed by atoms with Crippen LogP contribution in [0, 0.1) is 0 Å². The third-order valence-corrected chi connectivity index (χ3v) is 4.12. The summed E-state index contributed by atoms with van der Waals surface area (Å²) in [5, 5.41) is 0. The Labute approximate surface area is 142 Å². The maximum absolute atomic E-state index is 12.8. The summed E-state index contributed by atoms with van der Waals surface area (Å²) in [6, 6.07) is 3.45. The molecule has 0 saturated carbocycles. The van der Waals surface area contributed by atoms with E-state index in [-0.39, 0.29) is 29.5 Å². The van der Waals surface area contributed by atoms with Gasteiger partial charge in [0.25, 0.3) is 5.56 Å². The Hall–Kier alpha value is -3.23. The number of aromatic nitrogens is 3. The first kappa shape index (κ1) is 16.6. The van der Waals surface area contributed by atoms with Crippen molar-refractivity contribution in [1.29, 1.82) is 0 Å². The zero-order chi connectivity index (χ0) is 18.3. The Kier molecular flexibility index (Phi) is 3.99. The Morgan fingerprint density at radius 2 is 2.08 bits per heavy atom. The van der Waals surface area contributed by atoms with E-state index in [9.17, 15) is 14.4 Å². The summed E-state index contributed by atoms with van der Waals surface area (Å²) in [6.07, 6.45) is 1.66. The van der Waals surface area contributed by atoms with Gasteiger partial charge < -0.3 is 20.2 Å². The molecule has 132 valence electrons. The van der Waals surface area contributed by atoms with E-state index in [2.05, 4.69) is 4.98 Å².